The number of ketones is 1. The molecule has 1 aromatic carbocycles. The molecule has 1 aromatic rings. The van der Waals surface area contributed by atoms with Crippen LogP contribution in [0.5, 0.6) is 5.75 Å². The van der Waals surface area contributed by atoms with Gasteiger partial charge in [-0.3, -0.25) is 4.79 Å². The zero-order valence-corrected chi connectivity index (χ0v) is 11.9. The van der Waals surface area contributed by atoms with Gasteiger partial charge in [-0.2, -0.15) is 0 Å². The molecule has 1 saturated carbocycles. The second-order valence-electron chi connectivity index (χ2n) is 6.44. The third kappa shape index (κ3) is 3.25. The van der Waals surface area contributed by atoms with Crippen molar-refractivity contribution in [2.45, 2.75) is 40.0 Å². The molecule has 1 N–H and O–H groups in total. The quantitative estimate of drug-likeness (QED) is 0.767. The molecule has 1 aliphatic rings. The predicted molar refractivity (Wildman–Crippen MR) is 77.9 cm³/mol. The molecule has 1 atom stereocenters. The van der Waals surface area contributed by atoms with Crippen molar-refractivity contribution in [2.24, 2.45) is 11.3 Å². The highest BCUT2D eigenvalue weighted by atomic mass is 16.3. The zero-order valence-electron chi connectivity index (χ0n) is 11.9. The molecule has 1 aliphatic carbocycles. The number of hydrogen-bond donors (Lipinski definition) is 1. The lowest BCUT2D eigenvalue weighted by Crippen LogP contribution is -2.32. The number of carbonyl (C=O) groups is 1. The van der Waals surface area contributed by atoms with Crippen LogP contribution in [0.3, 0.4) is 0 Å². The van der Waals surface area contributed by atoms with E-state index in [-0.39, 0.29) is 22.9 Å². The lowest BCUT2D eigenvalue weighted by Gasteiger charge is -2.33. The van der Waals surface area contributed by atoms with Crippen LogP contribution in [-0.4, -0.2) is 10.9 Å². The molecular formula is C17H22O2. The Balaban J connectivity index is 2.27. The Hall–Kier alpha value is -1.57. The number of phenolic OH excluding ortho intramolecular Hbond substituents is 1. The van der Waals surface area contributed by atoms with Crippen molar-refractivity contribution in [2.75, 3.05) is 0 Å². The van der Waals surface area contributed by atoms with Crippen LogP contribution in [0, 0.1) is 11.3 Å². The lowest BCUT2D eigenvalue weighted by atomic mass is 9.70. The van der Waals surface area contributed by atoms with Gasteiger partial charge in [0, 0.05) is 5.92 Å². The highest BCUT2D eigenvalue weighted by Crippen LogP contribution is 2.38. The normalized spacial score (nSPS) is 22.8. The van der Waals surface area contributed by atoms with Gasteiger partial charge in [0.15, 0.2) is 5.78 Å². The Morgan fingerprint density at radius 1 is 1.32 bits per heavy atom. The fourth-order valence-corrected chi connectivity index (χ4v) is 2.76. The van der Waals surface area contributed by atoms with E-state index in [0.29, 0.717) is 0 Å². The summed E-state index contributed by atoms with van der Waals surface area (Å²) in [7, 11) is 0. The molecule has 0 spiro atoms. The van der Waals surface area contributed by atoms with Crippen molar-refractivity contribution < 1.29 is 9.90 Å². The molecular weight excluding hydrogens is 236 g/mol. The van der Waals surface area contributed by atoms with E-state index >= 15 is 0 Å². The van der Waals surface area contributed by atoms with Gasteiger partial charge in [0.2, 0.25) is 0 Å². The predicted octanol–water partition coefficient (Wildman–Crippen LogP) is 4.19. The lowest BCUT2D eigenvalue weighted by molar-refractivity contribution is -0.123. The Bertz CT molecular complexity index is 506. The standard InChI is InChI=1S/C17H22O2/c1-17(2,3)15-9-5-7-13(16(15)19)10-12-6-4-8-14(18)11-12/h4,6,8,10-11,15,18H,5,7,9H2,1-3H3/b13-10+/t15-/m0/s1. The average molecular weight is 258 g/mol. The van der Waals surface area contributed by atoms with Crippen molar-refractivity contribution in [1.29, 1.82) is 0 Å². The monoisotopic (exact) mass is 258 g/mol. The van der Waals surface area contributed by atoms with E-state index in [9.17, 15) is 9.90 Å². The van der Waals surface area contributed by atoms with Gasteiger partial charge >= 0.3 is 0 Å². The Morgan fingerprint density at radius 2 is 2.05 bits per heavy atom. The molecule has 0 aliphatic heterocycles. The fourth-order valence-electron chi connectivity index (χ4n) is 2.76. The maximum Gasteiger partial charge on any atom is 0.162 e. The van der Waals surface area contributed by atoms with E-state index in [1.165, 1.54) is 0 Å². The van der Waals surface area contributed by atoms with E-state index in [1.54, 1.807) is 18.2 Å². The number of rotatable bonds is 1. The molecule has 0 bridgehead atoms. The maximum absolute atomic E-state index is 12.5. The van der Waals surface area contributed by atoms with Gasteiger partial charge in [-0.15, -0.1) is 0 Å². The smallest absolute Gasteiger partial charge is 0.162 e. The van der Waals surface area contributed by atoms with Gasteiger partial charge in [-0.05, 0) is 54.0 Å². The Morgan fingerprint density at radius 3 is 2.68 bits per heavy atom. The molecule has 2 heteroatoms. The average Bonchev–Trinajstić information content (AvgIpc) is 2.30. The molecule has 102 valence electrons. The number of allylic oxidation sites excluding steroid dienone is 1. The summed E-state index contributed by atoms with van der Waals surface area (Å²) in [5.74, 6) is 0.636. The van der Waals surface area contributed by atoms with Gasteiger partial charge < -0.3 is 5.11 Å². The molecule has 0 unspecified atom stereocenters. The Labute approximate surface area is 115 Å². The maximum atomic E-state index is 12.5. The zero-order chi connectivity index (χ0) is 14.0. The summed E-state index contributed by atoms with van der Waals surface area (Å²) < 4.78 is 0. The van der Waals surface area contributed by atoms with Gasteiger partial charge in [0.1, 0.15) is 5.75 Å². The highest BCUT2D eigenvalue weighted by molar-refractivity contribution is 6.02. The third-order valence-electron chi connectivity index (χ3n) is 3.83. The largest absolute Gasteiger partial charge is 0.508 e. The van der Waals surface area contributed by atoms with Gasteiger partial charge in [0.25, 0.3) is 0 Å². The summed E-state index contributed by atoms with van der Waals surface area (Å²) in [6.07, 6.45) is 4.83. The molecule has 1 fully saturated rings. The Kier molecular flexibility index (Phi) is 3.79. The first-order chi connectivity index (χ1) is 8.88. The number of benzene rings is 1. The molecule has 0 amide bonds. The second-order valence-corrected chi connectivity index (χ2v) is 6.44. The van der Waals surface area contributed by atoms with Crippen LogP contribution in [0.2, 0.25) is 0 Å². The molecule has 19 heavy (non-hydrogen) atoms. The number of carbonyl (C=O) groups excluding carboxylic acids is 1. The summed E-state index contributed by atoms with van der Waals surface area (Å²) >= 11 is 0. The number of hydrogen-bond acceptors (Lipinski definition) is 2. The van der Waals surface area contributed by atoms with Crippen molar-refractivity contribution in [1.82, 2.24) is 0 Å². The number of aromatic hydroxyl groups is 1. The van der Waals surface area contributed by atoms with Crippen molar-refractivity contribution >= 4 is 11.9 Å². The summed E-state index contributed by atoms with van der Waals surface area (Å²) in [5, 5.41) is 9.48. The first-order valence-electron chi connectivity index (χ1n) is 6.92. The molecule has 2 nitrogen and oxygen atoms in total. The number of Topliss-reactive ketones (excluding diaryl/α,β-unsaturated/α-hetero) is 1. The number of phenols is 1. The third-order valence-corrected chi connectivity index (χ3v) is 3.83. The summed E-state index contributed by atoms with van der Waals surface area (Å²) in [4.78, 5) is 12.5. The van der Waals surface area contributed by atoms with Crippen molar-refractivity contribution in [3.8, 4) is 5.75 Å². The van der Waals surface area contributed by atoms with Crippen LogP contribution < -0.4 is 0 Å². The summed E-state index contributed by atoms with van der Waals surface area (Å²) in [6, 6.07) is 7.06. The summed E-state index contributed by atoms with van der Waals surface area (Å²) in [5.41, 5.74) is 1.82. The first-order valence-corrected chi connectivity index (χ1v) is 6.92. The fraction of sp³-hybridized carbons (Fsp3) is 0.471. The van der Waals surface area contributed by atoms with Crippen LogP contribution in [0.1, 0.15) is 45.6 Å². The van der Waals surface area contributed by atoms with Crippen LogP contribution >= 0.6 is 0 Å². The molecule has 0 heterocycles. The van der Waals surface area contributed by atoms with Crippen molar-refractivity contribution in [3.63, 3.8) is 0 Å². The minimum atomic E-state index is 0.0232. The topological polar surface area (TPSA) is 37.3 Å². The van der Waals surface area contributed by atoms with E-state index in [1.807, 2.05) is 12.1 Å². The van der Waals surface area contributed by atoms with Crippen molar-refractivity contribution in [3.05, 3.63) is 35.4 Å². The molecule has 0 radical (unpaired) electrons. The first kappa shape index (κ1) is 13.9. The van der Waals surface area contributed by atoms with Gasteiger partial charge in [-0.1, -0.05) is 32.9 Å². The minimum absolute atomic E-state index is 0.0232. The SMILES string of the molecule is CC(C)(C)[C@H]1CCC/C(=C\c2cccc(O)c2)C1=O. The van der Waals surface area contributed by atoms with E-state index < -0.39 is 0 Å². The summed E-state index contributed by atoms with van der Waals surface area (Å²) in [6.45, 7) is 6.40. The molecule has 0 saturated heterocycles. The van der Waals surface area contributed by atoms with Crippen LogP contribution in [0.15, 0.2) is 29.8 Å². The van der Waals surface area contributed by atoms with E-state index in [4.69, 9.17) is 0 Å². The van der Waals surface area contributed by atoms with Gasteiger partial charge in [-0.25, -0.2) is 0 Å². The van der Waals surface area contributed by atoms with E-state index in [0.717, 1.165) is 30.4 Å². The van der Waals surface area contributed by atoms with Crippen LogP contribution in [-0.2, 0) is 4.79 Å². The van der Waals surface area contributed by atoms with Crippen LogP contribution in [0.25, 0.3) is 6.08 Å². The van der Waals surface area contributed by atoms with Gasteiger partial charge in [0.05, 0.1) is 0 Å². The highest BCUT2D eigenvalue weighted by Gasteiger charge is 2.35. The van der Waals surface area contributed by atoms with E-state index in [2.05, 4.69) is 20.8 Å². The molecule has 2 rings (SSSR count). The minimum Gasteiger partial charge on any atom is -0.508 e. The van der Waals surface area contributed by atoms with Crippen LogP contribution in [0.4, 0.5) is 0 Å². The molecule has 0 aromatic heterocycles. The second kappa shape index (κ2) is 5.20.